The van der Waals surface area contributed by atoms with Crippen molar-refractivity contribution in [2.24, 2.45) is 0 Å². The highest BCUT2D eigenvalue weighted by atomic mass is 32.1. The molecule has 2 aromatic rings. The van der Waals surface area contributed by atoms with E-state index in [4.69, 9.17) is 4.74 Å². The standard InChI is InChI=1S/C17H25NOS/c1-3-10-19-11-9-15(18-4-2)12-14-13-20-17-8-6-5-7-16(14)17/h5-8,13,15,18H,3-4,9-12H2,1-2H3. The average molecular weight is 291 g/mol. The number of benzene rings is 1. The normalized spacial score (nSPS) is 12.9. The first-order valence-electron chi connectivity index (χ1n) is 7.61. The molecule has 3 heteroatoms. The van der Waals surface area contributed by atoms with Crippen LogP contribution in [0.3, 0.4) is 0 Å². The lowest BCUT2D eigenvalue weighted by Gasteiger charge is -2.17. The number of fused-ring (bicyclic) bond motifs is 1. The van der Waals surface area contributed by atoms with Gasteiger partial charge in [-0.1, -0.05) is 32.0 Å². The van der Waals surface area contributed by atoms with Gasteiger partial charge in [-0.2, -0.15) is 0 Å². The summed E-state index contributed by atoms with van der Waals surface area (Å²) in [5, 5.41) is 7.31. The zero-order valence-electron chi connectivity index (χ0n) is 12.5. The molecule has 0 amide bonds. The van der Waals surface area contributed by atoms with Gasteiger partial charge < -0.3 is 10.1 Å². The Morgan fingerprint density at radius 3 is 2.85 bits per heavy atom. The van der Waals surface area contributed by atoms with Crippen LogP contribution in [0.5, 0.6) is 0 Å². The largest absolute Gasteiger partial charge is 0.381 e. The minimum absolute atomic E-state index is 0.509. The fraction of sp³-hybridized carbons (Fsp3) is 0.529. The lowest BCUT2D eigenvalue weighted by atomic mass is 10.0. The summed E-state index contributed by atoms with van der Waals surface area (Å²) in [4.78, 5) is 0. The molecule has 0 aliphatic carbocycles. The molecular weight excluding hydrogens is 266 g/mol. The van der Waals surface area contributed by atoms with Gasteiger partial charge in [-0.05, 0) is 48.2 Å². The molecule has 2 rings (SSSR count). The Balaban J connectivity index is 1.96. The van der Waals surface area contributed by atoms with E-state index >= 15 is 0 Å². The van der Waals surface area contributed by atoms with Crippen LogP contribution in [0.15, 0.2) is 29.6 Å². The van der Waals surface area contributed by atoms with Gasteiger partial charge >= 0.3 is 0 Å². The Kier molecular flexibility index (Phi) is 6.51. The highest BCUT2D eigenvalue weighted by molar-refractivity contribution is 7.17. The highest BCUT2D eigenvalue weighted by Crippen LogP contribution is 2.26. The van der Waals surface area contributed by atoms with Gasteiger partial charge in [0.25, 0.3) is 0 Å². The van der Waals surface area contributed by atoms with Gasteiger partial charge in [0.2, 0.25) is 0 Å². The van der Waals surface area contributed by atoms with Crippen molar-refractivity contribution in [3.63, 3.8) is 0 Å². The predicted octanol–water partition coefficient (Wildman–Crippen LogP) is 4.24. The van der Waals surface area contributed by atoms with Gasteiger partial charge in [-0.25, -0.2) is 0 Å². The summed E-state index contributed by atoms with van der Waals surface area (Å²) >= 11 is 1.85. The van der Waals surface area contributed by atoms with Crippen LogP contribution in [-0.4, -0.2) is 25.8 Å². The molecule has 1 atom stereocenters. The van der Waals surface area contributed by atoms with Crippen LogP contribution >= 0.6 is 11.3 Å². The molecule has 1 aromatic heterocycles. The lowest BCUT2D eigenvalue weighted by Crippen LogP contribution is -2.32. The van der Waals surface area contributed by atoms with Crippen LogP contribution in [0.4, 0.5) is 0 Å². The molecule has 1 aromatic carbocycles. The van der Waals surface area contributed by atoms with Crippen molar-refractivity contribution >= 4 is 21.4 Å². The summed E-state index contributed by atoms with van der Waals surface area (Å²) in [5.41, 5.74) is 1.46. The summed E-state index contributed by atoms with van der Waals surface area (Å²) in [6, 6.07) is 9.19. The second-order valence-corrected chi connectivity index (χ2v) is 6.03. The number of hydrogen-bond acceptors (Lipinski definition) is 3. The van der Waals surface area contributed by atoms with E-state index in [0.717, 1.165) is 39.0 Å². The molecule has 0 saturated carbocycles. The fourth-order valence-electron chi connectivity index (χ4n) is 2.49. The van der Waals surface area contributed by atoms with Gasteiger partial charge in [0.1, 0.15) is 0 Å². The number of likely N-dealkylation sites (N-methyl/N-ethyl adjacent to an activating group) is 1. The van der Waals surface area contributed by atoms with Crippen LogP contribution < -0.4 is 5.32 Å². The molecule has 1 unspecified atom stereocenters. The Morgan fingerprint density at radius 1 is 1.20 bits per heavy atom. The van der Waals surface area contributed by atoms with Crippen molar-refractivity contribution in [3.05, 3.63) is 35.2 Å². The second-order valence-electron chi connectivity index (χ2n) is 5.12. The van der Waals surface area contributed by atoms with Crippen LogP contribution in [0.25, 0.3) is 10.1 Å². The molecule has 110 valence electrons. The molecule has 0 saturated heterocycles. The van der Waals surface area contributed by atoms with Gasteiger partial charge in [-0.3, -0.25) is 0 Å². The zero-order chi connectivity index (χ0) is 14.2. The fourth-order valence-corrected chi connectivity index (χ4v) is 3.47. The molecule has 1 heterocycles. The number of hydrogen-bond donors (Lipinski definition) is 1. The maximum Gasteiger partial charge on any atom is 0.0480 e. The smallest absolute Gasteiger partial charge is 0.0480 e. The predicted molar refractivity (Wildman–Crippen MR) is 88.7 cm³/mol. The van der Waals surface area contributed by atoms with Crippen LogP contribution in [-0.2, 0) is 11.2 Å². The number of rotatable bonds is 9. The molecule has 0 fully saturated rings. The Labute approximate surface area is 126 Å². The van der Waals surface area contributed by atoms with Crippen LogP contribution in [0.1, 0.15) is 32.3 Å². The van der Waals surface area contributed by atoms with Crippen molar-refractivity contribution in [3.8, 4) is 0 Å². The molecule has 0 aliphatic rings. The SMILES string of the molecule is CCCOCCC(Cc1csc2ccccc12)NCC. The maximum absolute atomic E-state index is 5.63. The van der Waals surface area contributed by atoms with Crippen molar-refractivity contribution in [2.45, 2.75) is 39.2 Å². The zero-order valence-corrected chi connectivity index (χ0v) is 13.3. The first-order chi connectivity index (χ1) is 9.85. The quantitative estimate of drug-likeness (QED) is 0.698. The minimum Gasteiger partial charge on any atom is -0.381 e. The maximum atomic E-state index is 5.63. The van der Waals surface area contributed by atoms with Gasteiger partial charge in [0, 0.05) is 24.0 Å². The summed E-state index contributed by atoms with van der Waals surface area (Å²) < 4.78 is 7.02. The second kappa shape index (κ2) is 8.40. The summed E-state index contributed by atoms with van der Waals surface area (Å²) in [7, 11) is 0. The molecule has 0 bridgehead atoms. The lowest BCUT2D eigenvalue weighted by molar-refractivity contribution is 0.124. The summed E-state index contributed by atoms with van der Waals surface area (Å²) in [6.45, 7) is 7.07. The first kappa shape index (κ1) is 15.5. The number of nitrogens with one attached hydrogen (secondary N) is 1. The Hall–Kier alpha value is -0.900. The van der Waals surface area contributed by atoms with E-state index in [2.05, 4.69) is 48.8 Å². The van der Waals surface area contributed by atoms with Crippen molar-refractivity contribution < 1.29 is 4.74 Å². The van der Waals surface area contributed by atoms with E-state index in [1.54, 1.807) is 0 Å². The molecule has 0 radical (unpaired) electrons. The van der Waals surface area contributed by atoms with E-state index in [1.165, 1.54) is 15.6 Å². The molecule has 1 N–H and O–H groups in total. The third kappa shape index (κ3) is 4.30. The van der Waals surface area contributed by atoms with E-state index in [0.29, 0.717) is 6.04 Å². The highest BCUT2D eigenvalue weighted by Gasteiger charge is 2.11. The monoisotopic (exact) mass is 291 g/mol. The topological polar surface area (TPSA) is 21.3 Å². The van der Waals surface area contributed by atoms with E-state index in [-0.39, 0.29) is 0 Å². The van der Waals surface area contributed by atoms with Crippen molar-refractivity contribution in [1.29, 1.82) is 0 Å². The summed E-state index contributed by atoms with van der Waals surface area (Å²) in [5.74, 6) is 0. The van der Waals surface area contributed by atoms with Crippen LogP contribution in [0.2, 0.25) is 0 Å². The third-order valence-corrected chi connectivity index (χ3v) is 4.49. The number of thiophene rings is 1. The number of ether oxygens (including phenoxy) is 1. The third-order valence-electron chi connectivity index (χ3n) is 3.48. The van der Waals surface area contributed by atoms with Crippen molar-refractivity contribution in [2.75, 3.05) is 19.8 Å². The van der Waals surface area contributed by atoms with Crippen LogP contribution in [0, 0.1) is 0 Å². The molecule has 2 nitrogen and oxygen atoms in total. The average Bonchev–Trinajstić information content (AvgIpc) is 2.87. The van der Waals surface area contributed by atoms with E-state index in [9.17, 15) is 0 Å². The molecular formula is C17H25NOS. The van der Waals surface area contributed by atoms with E-state index in [1.807, 2.05) is 11.3 Å². The Bertz CT molecular complexity index is 508. The van der Waals surface area contributed by atoms with E-state index < -0.39 is 0 Å². The van der Waals surface area contributed by atoms with Crippen molar-refractivity contribution in [1.82, 2.24) is 5.32 Å². The molecule has 20 heavy (non-hydrogen) atoms. The van der Waals surface area contributed by atoms with Gasteiger partial charge in [-0.15, -0.1) is 11.3 Å². The first-order valence-corrected chi connectivity index (χ1v) is 8.49. The molecule has 0 spiro atoms. The van der Waals surface area contributed by atoms with Gasteiger partial charge in [0.15, 0.2) is 0 Å². The summed E-state index contributed by atoms with van der Waals surface area (Å²) in [6.07, 6.45) is 3.27. The molecule has 0 aliphatic heterocycles. The minimum atomic E-state index is 0.509. The Morgan fingerprint density at radius 2 is 2.05 bits per heavy atom. The van der Waals surface area contributed by atoms with Gasteiger partial charge in [0.05, 0.1) is 0 Å².